The van der Waals surface area contributed by atoms with Gasteiger partial charge in [-0.3, -0.25) is 0 Å². The first-order valence-corrected chi connectivity index (χ1v) is 7.84. The van der Waals surface area contributed by atoms with E-state index in [9.17, 15) is 0 Å². The predicted octanol–water partition coefficient (Wildman–Crippen LogP) is 3.96. The van der Waals surface area contributed by atoms with E-state index in [0.29, 0.717) is 5.92 Å². The first kappa shape index (κ1) is 14.0. The molecule has 18 heavy (non-hydrogen) atoms. The van der Waals surface area contributed by atoms with Gasteiger partial charge < -0.3 is 4.90 Å². The van der Waals surface area contributed by atoms with Crippen molar-refractivity contribution in [1.29, 1.82) is 0 Å². The molecule has 2 rings (SSSR count). The van der Waals surface area contributed by atoms with Gasteiger partial charge in [-0.25, -0.2) is 0 Å². The maximum atomic E-state index is 4.56. The minimum atomic E-state index is 0.565. The van der Waals surface area contributed by atoms with Crippen LogP contribution in [0.2, 0.25) is 0 Å². The fourth-order valence-electron chi connectivity index (χ4n) is 2.88. The highest BCUT2D eigenvalue weighted by Crippen LogP contribution is 2.23. The van der Waals surface area contributed by atoms with Crippen molar-refractivity contribution >= 4 is 12.6 Å². The molecule has 0 amide bonds. The molecule has 1 saturated heterocycles. The van der Waals surface area contributed by atoms with Crippen LogP contribution in [0, 0.1) is 0 Å². The molecule has 0 radical (unpaired) electrons. The Bertz CT molecular complexity index is 338. The van der Waals surface area contributed by atoms with E-state index in [0.717, 1.165) is 18.3 Å². The largest absolute Gasteiger partial charge is 0.300 e. The Kier molecular flexibility index (Phi) is 5.58. The molecule has 0 aliphatic carbocycles. The summed E-state index contributed by atoms with van der Waals surface area (Å²) in [6, 6.07) is 11.6. The number of hydrogen-bond donors (Lipinski definition) is 1. The van der Waals surface area contributed by atoms with E-state index in [1.54, 1.807) is 0 Å². The second kappa shape index (κ2) is 7.20. The van der Waals surface area contributed by atoms with Crippen LogP contribution in [-0.4, -0.2) is 29.8 Å². The Balaban J connectivity index is 2.01. The molecule has 0 N–H and O–H groups in total. The Labute approximate surface area is 117 Å². The van der Waals surface area contributed by atoms with Gasteiger partial charge in [0, 0.05) is 18.5 Å². The van der Waals surface area contributed by atoms with E-state index < -0.39 is 0 Å². The number of likely N-dealkylation sites (tertiary alicyclic amines) is 1. The zero-order chi connectivity index (χ0) is 12.8. The zero-order valence-corrected chi connectivity index (χ0v) is 12.3. The molecular formula is C16H25NS. The van der Waals surface area contributed by atoms with Gasteiger partial charge in [0.2, 0.25) is 0 Å². The lowest BCUT2D eigenvalue weighted by Gasteiger charge is -2.30. The third-order valence-electron chi connectivity index (χ3n) is 4.14. The average molecular weight is 263 g/mol. The highest BCUT2D eigenvalue weighted by molar-refractivity contribution is 7.80. The van der Waals surface area contributed by atoms with E-state index in [2.05, 4.69) is 54.8 Å². The molecule has 1 aromatic rings. The SMILES string of the molecule is CC1CCCCCN1CC(CS)c1ccccc1. The lowest BCUT2D eigenvalue weighted by Crippen LogP contribution is -2.36. The number of hydrogen-bond acceptors (Lipinski definition) is 2. The minimum Gasteiger partial charge on any atom is -0.300 e. The molecule has 1 aliphatic heterocycles. The van der Waals surface area contributed by atoms with Crippen LogP contribution >= 0.6 is 12.6 Å². The van der Waals surface area contributed by atoms with Crippen molar-refractivity contribution in [3.8, 4) is 0 Å². The van der Waals surface area contributed by atoms with Crippen molar-refractivity contribution in [3.05, 3.63) is 35.9 Å². The van der Waals surface area contributed by atoms with Crippen LogP contribution in [0.3, 0.4) is 0 Å². The molecular weight excluding hydrogens is 238 g/mol. The van der Waals surface area contributed by atoms with Crippen molar-refractivity contribution in [3.63, 3.8) is 0 Å². The van der Waals surface area contributed by atoms with Crippen LogP contribution in [-0.2, 0) is 0 Å². The van der Waals surface area contributed by atoms with Crippen LogP contribution in [0.4, 0.5) is 0 Å². The van der Waals surface area contributed by atoms with Gasteiger partial charge in [0.1, 0.15) is 0 Å². The lowest BCUT2D eigenvalue weighted by atomic mass is 9.99. The lowest BCUT2D eigenvalue weighted by molar-refractivity contribution is 0.204. The summed E-state index contributed by atoms with van der Waals surface area (Å²) in [5.74, 6) is 1.50. The average Bonchev–Trinajstić information content (AvgIpc) is 2.62. The highest BCUT2D eigenvalue weighted by atomic mass is 32.1. The summed E-state index contributed by atoms with van der Waals surface area (Å²) in [6.45, 7) is 4.80. The quantitative estimate of drug-likeness (QED) is 0.805. The summed E-state index contributed by atoms with van der Waals surface area (Å²) in [7, 11) is 0. The van der Waals surface area contributed by atoms with Crippen LogP contribution in [0.15, 0.2) is 30.3 Å². The number of rotatable bonds is 4. The van der Waals surface area contributed by atoms with E-state index in [1.807, 2.05) is 0 Å². The second-order valence-corrected chi connectivity index (χ2v) is 5.85. The second-order valence-electron chi connectivity index (χ2n) is 5.48. The van der Waals surface area contributed by atoms with Crippen molar-refractivity contribution in [2.24, 2.45) is 0 Å². The van der Waals surface area contributed by atoms with Gasteiger partial charge in [-0.2, -0.15) is 12.6 Å². The van der Waals surface area contributed by atoms with Gasteiger partial charge in [-0.1, -0.05) is 43.2 Å². The van der Waals surface area contributed by atoms with E-state index in [4.69, 9.17) is 0 Å². The molecule has 0 saturated carbocycles. The van der Waals surface area contributed by atoms with Crippen molar-refractivity contribution in [2.75, 3.05) is 18.8 Å². The Morgan fingerprint density at radius 3 is 2.72 bits per heavy atom. The monoisotopic (exact) mass is 263 g/mol. The molecule has 1 aromatic carbocycles. The molecule has 0 bridgehead atoms. The number of nitrogens with zero attached hydrogens (tertiary/aromatic N) is 1. The third kappa shape index (κ3) is 3.76. The molecule has 1 nitrogen and oxygen atoms in total. The van der Waals surface area contributed by atoms with E-state index in [1.165, 1.54) is 37.8 Å². The molecule has 2 unspecified atom stereocenters. The van der Waals surface area contributed by atoms with Crippen LogP contribution < -0.4 is 0 Å². The molecule has 0 aromatic heterocycles. The van der Waals surface area contributed by atoms with E-state index >= 15 is 0 Å². The third-order valence-corrected chi connectivity index (χ3v) is 4.58. The highest BCUT2D eigenvalue weighted by Gasteiger charge is 2.20. The first-order valence-electron chi connectivity index (χ1n) is 7.21. The molecule has 2 atom stereocenters. The minimum absolute atomic E-state index is 0.565. The summed E-state index contributed by atoms with van der Waals surface area (Å²) in [5.41, 5.74) is 1.43. The smallest absolute Gasteiger partial charge is 0.00671 e. The van der Waals surface area contributed by atoms with Crippen LogP contribution in [0.5, 0.6) is 0 Å². The Morgan fingerprint density at radius 2 is 2.00 bits per heavy atom. The normalized spacial score (nSPS) is 23.6. The van der Waals surface area contributed by atoms with Gasteiger partial charge in [0.25, 0.3) is 0 Å². The van der Waals surface area contributed by atoms with E-state index in [-0.39, 0.29) is 0 Å². The van der Waals surface area contributed by atoms with Crippen LogP contribution in [0.25, 0.3) is 0 Å². The van der Waals surface area contributed by atoms with Gasteiger partial charge in [0.15, 0.2) is 0 Å². The summed E-state index contributed by atoms with van der Waals surface area (Å²) in [5, 5.41) is 0. The maximum absolute atomic E-state index is 4.56. The van der Waals surface area contributed by atoms with Crippen molar-refractivity contribution in [1.82, 2.24) is 4.90 Å². The number of benzene rings is 1. The van der Waals surface area contributed by atoms with Gasteiger partial charge in [-0.05, 0) is 37.6 Å². The predicted molar refractivity (Wildman–Crippen MR) is 82.5 cm³/mol. The van der Waals surface area contributed by atoms with Gasteiger partial charge >= 0.3 is 0 Å². The molecule has 1 fully saturated rings. The Morgan fingerprint density at radius 1 is 1.22 bits per heavy atom. The number of thiol groups is 1. The maximum Gasteiger partial charge on any atom is 0.00671 e. The fraction of sp³-hybridized carbons (Fsp3) is 0.625. The Hall–Kier alpha value is -0.470. The molecule has 1 aliphatic rings. The van der Waals surface area contributed by atoms with Crippen molar-refractivity contribution < 1.29 is 0 Å². The van der Waals surface area contributed by atoms with Crippen molar-refractivity contribution in [2.45, 2.75) is 44.6 Å². The fourth-order valence-corrected chi connectivity index (χ4v) is 3.21. The molecule has 100 valence electrons. The van der Waals surface area contributed by atoms with Gasteiger partial charge in [-0.15, -0.1) is 0 Å². The first-order chi connectivity index (χ1) is 8.81. The molecule has 1 heterocycles. The topological polar surface area (TPSA) is 3.24 Å². The summed E-state index contributed by atoms with van der Waals surface area (Å²) in [6.07, 6.45) is 5.51. The van der Waals surface area contributed by atoms with Gasteiger partial charge in [0.05, 0.1) is 0 Å². The summed E-state index contributed by atoms with van der Waals surface area (Å²) in [4.78, 5) is 2.67. The standard InChI is InChI=1S/C16H25NS/c1-14-8-4-3-7-11-17(14)12-16(13-18)15-9-5-2-6-10-15/h2,5-6,9-10,14,16,18H,3-4,7-8,11-13H2,1H3. The zero-order valence-electron chi connectivity index (χ0n) is 11.4. The summed E-state index contributed by atoms with van der Waals surface area (Å²) < 4.78 is 0. The summed E-state index contributed by atoms with van der Waals surface area (Å²) >= 11 is 4.56. The van der Waals surface area contributed by atoms with Crippen LogP contribution in [0.1, 0.15) is 44.1 Å². The molecule has 2 heteroatoms. The molecule has 0 spiro atoms.